The molecule has 2 aromatic rings. The van der Waals surface area contributed by atoms with E-state index in [1.54, 1.807) is 0 Å². The molecule has 2 rings (SSSR count). The summed E-state index contributed by atoms with van der Waals surface area (Å²) in [5.41, 5.74) is 3.35. The Kier molecular flexibility index (Phi) is 4.07. The van der Waals surface area contributed by atoms with Crippen LogP contribution in [0.25, 0.3) is 10.9 Å². The highest BCUT2D eigenvalue weighted by molar-refractivity contribution is 6.32. The molecule has 1 heterocycles. The van der Waals surface area contributed by atoms with Crippen LogP contribution in [0.4, 0.5) is 5.82 Å². The zero-order chi connectivity index (χ0) is 13.1. The van der Waals surface area contributed by atoms with Crippen molar-refractivity contribution in [1.29, 1.82) is 0 Å². The van der Waals surface area contributed by atoms with Gasteiger partial charge in [-0.25, -0.2) is 4.98 Å². The maximum absolute atomic E-state index is 6.16. The normalized spacial score (nSPS) is 10.9. The first-order chi connectivity index (χ1) is 8.65. The maximum Gasteiger partial charge on any atom is 0.129 e. The molecule has 3 heteroatoms. The van der Waals surface area contributed by atoms with Crippen LogP contribution in [0.3, 0.4) is 0 Å². The Hall–Kier alpha value is -1.28. The second kappa shape index (κ2) is 5.57. The maximum atomic E-state index is 6.16. The number of hydrogen-bond donors (Lipinski definition) is 1. The van der Waals surface area contributed by atoms with E-state index in [2.05, 4.69) is 36.3 Å². The van der Waals surface area contributed by atoms with Gasteiger partial charge in [-0.1, -0.05) is 24.9 Å². The van der Waals surface area contributed by atoms with Crippen molar-refractivity contribution < 1.29 is 0 Å². The number of nitrogens with one attached hydrogen (secondary N) is 1. The fourth-order valence-electron chi connectivity index (χ4n) is 2.13. The highest BCUT2D eigenvalue weighted by atomic mass is 35.5. The zero-order valence-corrected chi connectivity index (χ0v) is 11.9. The molecular formula is C15H19ClN2. The molecule has 0 aliphatic rings. The van der Waals surface area contributed by atoms with Crippen molar-refractivity contribution in [1.82, 2.24) is 4.98 Å². The first-order valence-corrected chi connectivity index (χ1v) is 6.87. The Morgan fingerprint density at radius 2 is 2.00 bits per heavy atom. The Balaban J connectivity index is 2.60. The molecule has 1 N–H and O–H groups in total. The van der Waals surface area contributed by atoms with Crippen molar-refractivity contribution in [2.24, 2.45) is 0 Å². The fourth-order valence-corrected chi connectivity index (χ4v) is 2.29. The van der Waals surface area contributed by atoms with Crippen molar-refractivity contribution in [2.45, 2.75) is 33.6 Å². The number of anilines is 1. The number of rotatable bonds is 4. The van der Waals surface area contributed by atoms with Crippen LogP contribution in [0.5, 0.6) is 0 Å². The van der Waals surface area contributed by atoms with Crippen molar-refractivity contribution in [2.75, 3.05) is 11.9 Å². The van der Waals surface area contributed by atoms with Crippen LogP contribution in [-0.2, 0) is 6.42 Å². The molecule has 2 nitrogen and oxygen atoms in total. The first kappa shape index (κ1) is 13.2. The van der Waals surface area contributed by atoms with Gasteiger partial charge in [-0.2, -0.15) is 0 Å². The monoisotopic (exact) mass is 262 g/mol. The van der Waals surface area contributed by atoms with E-state index in [1.807, 2.05) is 13.0 Å². The van der Waals surface area contributed by atoms with Crippen molar-refractivity contribution in [3.8, 4) is 0 Å². The topological polar surface area (TPSA) is 24.9 Å². The molecule has 0 fully saturated rings. The second-order valence-corrected chi connectivity index (χ2v) is 4.98. The van der Waals surface area contributed by atoms with Crippen molar-refractivity contribution in [3.05, 3.63) is 34.3 Å². The first-order valence-electron chi connectivity index (χ1n) is 6.49. The van der Waals surface area contributed by atoms with E-state index in [-0.39, 0.29) is 0 Å². The number of pyridine rings is 1. The van der Waals surface area contributed by atoms with Gasteiger partial charge < -0.3 is 5.32 Å². The number of hydrogen-bond acceptors (Lipinski definition) is 2. The van der Waals surface area contributed by atoms with Crippen LogP contribution < -0.4 is 5.32 Å². The molecule has 0 unspecified atom stereocenters. The highest BCUT2D eigenvalue weighted by Crippen LogP contribution is 2.26. The number of fused-ring (bicyclic) bond motifs is 1. The van der Waals surface area contributed by atoms with E-state index in [1.165, 1.54) is 10.9 Å². The molecule has 0 spiro atoms. The van der Waals surface area contributed by atoms with Crippen LogP contribution >= 0.6 is 11.6 Å². The standard InChI is InChI=1S/C15H19ClN2/c1-4-6-11-8-12-7-10(3)13(16)9-14(12)18-15(11)17-5-2/h7-9H,4-6H2,1-3H3,(H,17,18). The van der Waals surface area contributed by atoms with Crippen molar-refractivity contribution >= 4 is 28.3 Å². The Bertz CT molecular complexity index is 513. The quantitative estimate of drug-likeness (QED) is 0.872. The summed E-state index contributed by atoms with van der Waals surface area (Å²) >= 11 is 6.16. The lowest BCUT2D eigenvalue weighted by Crippen LogP contribution is -2.04. The van der Waals surface area contributed by atoms with Crippen LogP contribution in [0.15, 0.2) is 18.2 Å². The minimum absolute atomic E-state index is 0.778. The molecule has 0 bridgehead atoms. The fraction of sp³-hybridized carbons (Fsp3) is 0.400. The van der Waals surface area contributed by atoms with Crippen LogP contribution in [-0.4, -0.2) is 11.5 Å². The zero-order valence-electron chi connectivity index (χ0n) is 11.2. The molecule has 0 atom stereocenters. The number of aromatic nitrogens is 1. The summed E-state index contributed by atoms with van der Waals surface area (Å²) in [5.74, 6) is 0.992. The summed E-state index contributed by atoms with van der Waals surface area (Å²) in [6.07, 6.45) is 2.17. The highest BCUT2D eigenvalue weighted by Gasteiger charge is 2.07. The Morgan fingerprint density at radius 3 is 2.67 bits per heavy atom. The average Bonchev–Trinajstić information content (AvgIpc) is 2.33. The SMILES string of the molecule is CCCc1cc2cc(C)c(Cl)cc2nc1NCC. The van der Waals surface area contributed by atoms with Crippen LogP contribution in [0.1, 0.15) is 31.4 Å². The average molecular weight is 263 g/mol. The van der Waals surface area contributed by atoms with E-state index in [0.717, 1.165) is 41.3 Å². The third kappa shape index (κ3) is 2.59. The molecule has 0 saturated carbocycles. The predicted molar refractivity (Wildman–Crippen MR) is 79.6 cm³/mol. The third-order valence-corrected chi connectivity index (χ3v) is 3.44. The predicted octanol–water partition coefficient (Wildman–Crippen LogP) is 4.58. The summed E-state index contributed by atoms with van der Waals surface area (Å²) in [6.45, 7) is 7.19. The van der Waals surface area contributed by atoms with E-state index in [0.29, 0.717) is 0 Å². The van der Waals surface area contributed by atoms with Gasteiger partial charge in [0.2, 0.25) is 0 Å². The lowest BCUT2D eigenvalue weighted by Gasteiger charge is -2.11. The minimum atomic E-state index is 0.778. The molecule has 0 amide bonds. The molecule has 0 aliphatic heterocycles. The van der Waals surface area contributed by atoms with Gasteiger partial charge in [0.05, 0.1) is 5.52 Å². The van der Waals surface area contributed by atoms with Gasteiger partial charge in [0.1, 0.15) is 5.82 Å². The van der Waals surface area contributed by atoms with Crippen LogP contribution in [0, 0.1) is 6.92 Å². The molecule has 0 saturated heterocycles. The number of aryl methyl sites for hydroxylation is 2. The summed E-state index contributed by atoms with van der Waals surface area (Å²) in [7, 11) is 0. The Morgan fingerprint density at radius 1 is 1.22 bits per heavy atom. The number of halogens is 1. The minimum Gasteiger partial charge on any atom is -0.370 e. The molecule has 0 radical (unpaired) electrons. The molecule has 18 heavy (non-hydrogen) atoms. The third-order valence-electron chi connectivity index (χ3n) is 3.04. The Labute approximate surface area is 113 Å². The van der Waals surface area contributed by atoms with E-state index >= 15 is 0 Å². The van der Waals surface area contributed by atoms with E-state index in [4.69, 9.17) is 11.6 Å². The van der Waals surface area contributed by atoms with Gasteiger partial charge >= 0.3 is 0 Å². The van der Waals surface area contributed by atoms with Gasteiger partial charge in [-0.15, -0.1) is 0 Å². The molecule has 96 valence electrons. The lowest BCUT2D eigenvalue weighted by atomic mass is 10.1. The van der Waals surface area contributed by atoms with Gasteiger partial charge in [0.25, 0.3) is 0 Å². The number of benzene rings is 1. The molecular weight excluding hydrogens is 244 g/mol. The molecule has 1 aromatic heterocycles. The lowest BCUT2D eigenvalue weighted by molar-refractivity contribution is 0.916. The number of nitrogens with zero attached hydrogens (tertiary/aromatic N) is 1. The largest absolute Gasteiger partial charge is 0.370 e. The second-order valence-electron chi connectivity index (χ2n) is 4.57. The summed E-state index contributed by atoms with van der Waals surface area (Å²) in [4.78, 5) is 4.69. The summed E-state index contributed by atoms with van der Waals surface area (Å²) in [6, 6.07) is 6.29. The van der Waals surface area contributed by atoms with Gasteiger partial charge in [-0.05, 0) is 49.6 Å². The summed E-state index contributed by atoms with van der Waals surface area (Å²) in [5, 5.41) is 5.28. The smallest absolute Gasteiger partial charge is 0.129 e. The van der Waals surface area contributed by atoms with Crippen molar-refractivity contribution in [3.63, 3.8) is 0 Å². The summed E-state index contributed by atoms with van der Waals surface area (Å²) < 4.78 is 0. The van der Waals surface area contributed by atoms with Gasteiger partial charge in [0, 0.05) is 17.0 Å². The van der Waals surface area contributed by atoms with E-state index < -0.39 is 0 Å². The molecule has 1 aromatic carbocycles. The van der Waals surface area contributed by atoms with Gasteiger partial charge in [0.15, 0.2) is 0 Å². The van der Waals surface area contributed by atoms with E-state index in [9.17, 15) is 0 Å². The van der Waals surface area contributed by atoms with Gasteiger partial charge in [-0.3, -0.25) is 0 Å². The molecule has 0 aliphatic carbocycles. The van der Waals surface area contributed by atoms with Crippen LogP contribution in [0.2, 0.25) is 5.02 Å².